The van der Waals surface area contributed by atoms with E-state index in [1.54, 1.807) is 0 Å². The van der Waals surface area contributed by atoms with Crippen LogP contribution in [0.15, 0.2) is 0 Å². The minimum absolute atomic E-state index is 0.250. The van der Waals surface area contributed by atoms with Crippen molar-refractivity contribution in [1.82, 2.24) is 10.6 Å². The van der Waals surface area contributed by atoms with Gasteiger partial charge in [-0.25, -0.2) is 0 Å². The second-order valence-electron chi connectivity index (χ2n) is 10.5. The van der Waals surface area contributed by atoms with E-state index in [0.717, 1.165) is 38.8 Å². The van der Waals surface area contributed by atoms with Gasteiger partial charge in [0.1, 0.15) is 0 Å². The zero-order valence-electron chi connectivity index (χ0n) is 24.3. The van der Waals surface area contributed by atoms with E-state index in [-0.39, 0.29) is 12.2 Å². The van der Waals surface area contributed by atoms with Crippen LogP contribution in [0, 0.1) is 0 Å². The number of hydrogen-bond acceptors (Lipinski definition) is 6. The van der Waals surface area contributed by atoms with Gasteiger partial charge in [-0.2, -0.15) is 0 Å². The molecule has 0 aliphatic carbocycles. The van der Waals surface area contributed by atoms with Gasteiger partial charge in [0.15, 0.2) is 0 Å². The van der Waals surface area contributed by atoms with E-state index in [1.807, 2.05) is 0 Å². The molecular formula is C30H64N2O4. The van der Waals surface area contributed by atoms with Crippen molar-refractivity contribution < 1.29 is 19.7 Å². The van der Waals surface area contributed by atoms with Crippen molar-refractivity contribution in [3.63, 3.8) is 0 Å². The third-order valence-electron chi connectivity index (χ3n) is 6.76. The minimum atomic E-state index is -0.250. The van der Waals surface area contributed by atoms with Gasteiger partial charge in [-0.1, -0.05) is 117 Å². The smallest absolute Gasteiger partial charge is 0.0701 e. The predicted octanol–water partition coefficient (Wildman–Crippen LogP) is 5.98. The Labute approximate surface area is 224 Å². The first-order valence-electron chi connectivity index (χ1n) is 15.6. The molecule has 0 spiro atoms. The first-order valence-corrected chi connectivity index (χ1v) is 15.6. The fourth-order valence-corrected chi connectivity index (χ4v) is 4.38. The molecule has 0 saturated heterocycles. The van der Waals surface area contributed by atoms with E-state index in [9.17, 15) is 10.2 Å². The average Bonchev–Trinajstić information content (AvgIpc) is 2.87. The summed E-state index contributed by atoms with van der Waals surface area (Å²) in [5.41, 5.74) is 0. The molecular weight excluding hydrogens is 452 g/mol. The molecule has 36 heavy (non-hydrogen) atoms. The van der Waals surface area contributed by atoms with Crippen LogP contribution in [0.25, 0.3) is 0 Å². The summed E-state index contributed by atoms with van der Waals surface area (Å²) >= 11 is 0. The highest BCUT2D eigenvalue weighted by Crippen LogP contribution is 2.11. The third-order valence-corrected chi connectivity index (χ3v) is 6.76. The van der Waals surface area contributed by atoms with Crippen LogP contribution in [0.1, 0.15) is 129 Å². The normalized spacial score (nSPS) is 13.3. The van der Waals surface area contributed by atoms with Crippen molar-refractivity contribution in [2.45, 2.75) is 142 Å². The summed E-state index contributed by atoms with van der Waals surface area (Å²) in [6.45, 7) is 9.76. The van der Waals surface area contributed by atoms with E-state index in [4.69, 9.17) is 9.47 Å². The first kappa shape index (κ1) is 35.8. The molecule has 0 amide bonds. The molecule has 0 radical (unpaired) electrons. The topological polar surface area (TPSA) is 83.0 Å². The van der Waals surface area contributed by atoms with Crippen molar-refractivity contribution in [2.24, 2.45) is 0 Å². The fourth-order valence-electron chi connectivity index (χ4n) is 4.38. The molecule has 6 nitrogen and oxygen atoms in total. The highest BCUT2D eigenvalue weighted by Gasteiger charge is 2.04. The van der Waals surface area contributed by atoms with Gasteiger partial charge < -0.3 is 30.3 Å². The first-order chi connectivity index (χ1) is 17.7. The molecule has 2 atom stereocenters. The van der Waals surface area contributed by atoms with Crippen LogP contribution in [0.2, 0.25) is 0 Å². The van der Waals surface area contributed by atoms with Gasteiger partial charge in [0.25, 0.3) is 0 Å². The Hall–Kier alpha value is -0.240. The predicted molar refractivity (Wildman–Crippen MR) is 154 cm³/mol. The molecule has 0 saturated carbocycles. The Kier molecular flexibility index (Phi) is 30.8. The molecule has 2 unspecified atom stereocenters. The number of aliphatic hydroxyl groups excluding tert-OH is 2. The second kappa shape index (κ2) is 31.0. The number of rotatable bonds is 31. The van der Waals surface area contributed by atoms with Crippen molar-refractivity contribution >= 4 is 0 Å². The number of ether oxygens (including phenoxy) is 2. The lowest BCUT2D eigenvalue weighted by atomic mass is 10.1. The maximum absolute atomic E-state index is 10.1. The van der Waals surface area contributed by atoms with Crippen LogP contribution < -0.4 is 10.6 Å². The van der Waals surface area contributed by atoms with Gasteiger partial charge in [-0.15, -0.1) is 0 Å². The Bertz CT molecular complexity index is 365. The van der Waals surface area contributed by atoms with Crippen molar-refractivity contribution in [3.8, 4) is 0 Å². The van der Waals surface area contributed by atoms with Crippen molar-refractivity contribution in [1.29, 1.82) is 0 Å². The molecule has 0 rings (SSSR count). The Morgan fingerprint density at radius 1 is 0.472 bits per heavy atom. The van der Waals surface area contributed by atoms with Crippen molar-refractivity contribution in [3.05, 3.63) is 0 Å². The molecule has 0 fully saturated rings. The van der Waals surface area contributed by atoms with Gasteiger partial charge in [0.05, 0.1) is 38.6 Å². The lowest BCUT2D eigenvalue weighted by molar-refractivity contribution is 0.0478. The summed E-state index contributed by atoms with van der Waals surface area (Å²) in [6, 6.07) is 0. The lowest BCUT2D eigenvalue weighted by Crippen LogP contribution is -2.30. The summed E-state index contributed by atoms with van der Waals surface area (Å²) in [4.78, 5) is 0. The summed E-state index contributed by atoms with van der Waals surface area (Å²) in [5.74, 6) is 0. The molecule has 0 aromatic carbocycles. The molecule has 0 aromatic heterocycles. The molecule has 218 valence electrons. The Balaban J connectivity index is 3.21. The quantitative estimate of drug-likeness (QED) is 0.0848. The zero-order valence-corrected chi connectivity index (χ0v) is 24.3. The van der Waals surface area contributed by atoms with Gasteiger partial charge >= 0.3 is 0 Å². The van der Waals surface area contributed by atoms with Gasteiger partial charge in [-0.05, 0) is 12.8 Å². The molecule has 4 N–H and O–H groups in total. The van der Waals surface area contributed by atoms with Crippen molar-refractivity contribution in [2.75, 3.05) is 52.6 Å². The number of aliphatic hydroxyl groups is 2. The molecule has 0 heterocycles. The molecule has 0 aliphatic rings. The van der Waals surface area contributed by atoms with E-state index in [0.29, 0.717) is 39.5 Å². The number of unbranched alkanes of at least 4 members (excludes halogenated alkanes) is 14. The summed E-state index contributed by atoms with van der Waals surface area (Å²) in [6.07, 6.45) is 22.1. The van der Waals surface area contributed by atoms with Gasteiger partial charge in [0.2, 0.25) is 0 Å². The lowest BCUT2D eigenvalue weighted by Gasteiger charge is -2.13. The number of hydrogen-bond donors (Lipinski definition) is 4. The van der Waals surface area contributed by atoms with Crippen LogP contribution in [0.3, 0.4) is 0 Å². The third kappa shape index (κ3) is 30.0. The van der Waals surface area contributed by atoms with Crippen LogP contribution in [0.5, 0.6) is 0 Å². The second-order valence-corrected chi connectivity index (χ2v) is 10.5. The monoisotopic (exact) mass is 516 g/mol. The largest absolute Gasteiger partial charge is 0.392 e. The minimum Gasteiger partial charge on any atom is -0.392 e. The standard InChI is InChI=1S/C30H64N2O4/c1-3-5-7-9-11-13-15-17-19-29(33)27-31-21-23-35-25-26-36-24-22-32-28-30(34)20-18-16-14-12-10-8-6-4-2/h29-34H,3-28H2,1-2H3. The molecule has 0 aliphatic heterocycles. The van der Waals surface area contributed by atoms with Gasteiger partial charge in [-0.3, -0.25) is 0 Å². The van der Waals surface area contributed by atoms with Crippen LogP contribution in [0.4, 0.5) is 0 Å². The summed E-state index contributed by atoms with van der Waals surface area (Å²) in [7, 11) is 0. The fraction of sp³-hybridized carbons (Fsp3) is 1.00. The Morgan fingerprint density at radius 3 is 1.17 bits per heavy atom. The maximum Gasteiger partial charge on any atom is 0.0701 e. The zero-order chi connectivity index (χ0) is 26.4. The van der Waals surface area contributed by atoms with E-state index in [1.165, 1.54) is 89.9 Å². The molecule has 6 heteroatoms. The molecule has 0 bridgehead atoms. The van der Waals surface area contributed by atoms with Gasteiger partial charge in [0, 0.05) is 26.2 Å². The Morgan fingerprint density at radius 2 is 0.806 bits per heavy atom. The SMILES string of the molecule is CCCCCCCCCCC(O)CNCCOCCOCCNCC(O)CCCCCCCCCC. The van der Waals surface area contributed by atoms with Crippen LogP contribution >= 0.6 is 0 Å². The van der Waals surface area contributed by atoms with Crippen LogP contribution in [-0.2, 0) is 9.47 Å². The summed E-state index contributed by atoms with van der Waals surface area (Å²) in [5, 5.41) is 26.6. The van der Waals surface area contributed by atoms with E-state index in [2.05, 4.69) is 24.5 Å². The maximum atomic E-state index is 10.1. The van der Waals surface area contributed by atoms with Crippen LogP contribution in [-0.4, -0.2) is 75.0 Å². The average molecular weight is 517 g/mol. The van der Waals surface area contributed by atoms with E-state index >= 15 is 0 Å². The van der Waals surface area contributed by atoms with E-state index < -0.39 is 0 Å². The highest BCUT2D eigenvalue weighted by molar-refractivity contribution is 4.61. The molecule has 0 aromatic rings. The number of nitrogens with one attached hydrogen (secondary N) is 2. The highest BCUT2D eigenvalue weighted by atomic mass is 16.5. The summed E-state index contributed by atoms with van der Waals surface area (Å²) < 4.78 is 11.2.